The molecule has 1 aromatic heterocycles. The normalized spacial score (nSPS) is 14.4. The third kappa shape index (κ3) is 6.92. The molecule has 1 aliphatic rings. The fourth-order valence-electron chi connectivity index (χ4n) is 3.68. The van der Waals surface area contributed by atoms with E-state index in [1.54, 1.807) is 24.3 Å². The van der Waals surface area contributed by atoms with Gasteiger partial charge >= 0.3 is 12.1 Å². The summed E-state index contributed by atoms with van der Waals surface area (Å²) in [5, 5.41) is 19.6. The molecular formula is C24H23F3N6O7S. The van der Waals surface area contributed by atoms with Crippen LogP contribution in [0.4, 0.5) is 13.2 Å². The maximum absolute atomic E-state index is 13.4. The first-order valence-electron chi connectivity index (χ1n) is 11.8. The first-order valence-corrected chi connectivity index (χ1v) is 13.3. The van der Waals surface area contributed by atoms with Crippen LogP contribution in [0.15, 0.2) is 64.8 Å². The molecule has 1 saturated heterocycles. The highest BCUT2D eigenvalue weighted by molar-refractivity contribution is 7.90. The first kappa shape index (κ1) is 29.3. The third-order valence-corrected chi connectivity index (χ3v) is 7.25. The Balaban J connectivity index is 1.44. The van der Waals surface area contributed by atoms with Crippen LogP contribution in [0.5, 0.6) is 0 Å². The zero-order valence-electron chi connectivity index (χ0n) is 21.5. The van der Waals surface area contributed by atoms with Crippen molar-refractivity contribution in [3.63, 3.8) is 0 Å². The molecule has 2 aromatic carbocycles. The second-order valence-electron chi connectivity index (χ2n) is 8.94. The molecule has 1 fully saturated rings. The van der Waals surface area contributed by atoms with Crippen LogP contribution in [-0.2, 0) is 35.4 Å². The van der Waals surface area contributed by atoms with Crippen molar-refractivity contribution in [2.24, 2.45) is 11.2 Å². The summed E-state index contributed by atoms with van der Waals surface area (Å²) in [5.41, 5.74) is 0.565. The average Bonchev–Trinajstić information content (AvgIpc) is 3.32. The largest absolute Gasteiger partial charge is 0.569 e. The average molecular weight is 597 g/mol. The van der Waals surface area contributed by atoms with Crippen molar-refractivity contribution in [2.45, 2.75) is 24.9 Å². The molecule has 218 valence electrons. The van der Waals surface area contributed by atoms with Crippen molar-refractivity contribution in [1.29, 1.82) is 0 Å². The Morgan fingerprint density at radius 2 is 1.78 bits per heavy atom. The lowest BCUT2D eigenvalue weighted by atomic mass is 10.0. The molecule has 2 heterocycles. The zero-order chi connectivity index (χ0) is 29.9. The maximum atomic E-state index is 13.4. The van der Waals surface area contributed by atoms with Crippen LogP contribution in [0.1, 0.15) is 18.2 Å². The number of rotatable bonds is 9. The van der Waals surface area contributed by atoms with E-state index in [2.05, 4.69) is 20.0 Å². The van der Waals surface area contributed by atoms with E-state index in [1.807, 2.05) is 11.6 Å². The van der Waals surface area contributed by atoms with Gasteiger partial charge in [0.2, 0.25) is 11.2 Å². The smallest absolute Gasteiger partial charge is 0.435 e. The maximum Gasteiger partial charge on any atom is 0.435 e. The highest BCUT2D eigenvalue weighted by atomic mass is 32.2. The molecule has 13 nitrogen and oxygen atoms in total. The molecule has 1 aliphatic heterocycles. The number of amides is 1. The van der Waals surface area contributed by atoms with E-state index in [0.29, 0.717) is 5.56 Å². The third-order valence-electron chi connectivity index (χ3n) is 5.89. The van der Waals surface area contributed by atoms with E-state index in [9.17, 15) is 36.4 Å². The predicted molar refractivity (Wildman–Crippen MR) is 133 cm³/mol. The molecule has 3 aromatic rings. The molecule has 0 spiro atoms. The van der Waals surface area contributed by atoms with Crippen molar-refractivity contribution >= 4 is 21.9 Å². The second kappa shape index (κ2) is 11.4. The molecule has 0 radical (unpaired) electrons. The highest BCUT2D eigenvalue weighted by Crippen LogP contribution is 2.33. The number of alkyl halides is 3. The number of carbonyl (C=O) groups excluding carboxylic acids is 2. The number of hydrazine groups is 1. The van der Waals surface area contributed by atoms with Crippen LogP contribution >= 0.6 is 0 Å². The van der Waals surface area contributed by atoms with Gasteiger partial charge in [0.05, 0.1) is 40.3 Å². The molecule has 4 rings (SSSR count). The summed E-state index contributed by atoms with van der Waals surface area (Å²) in [7, 11) is -4.34. The molecular weight excluding hydrogens is 573 g/mol. The lowest BCUT2D eigenvalue weighted by Crippen LogP contribution is -2.56. The van der Waals surface area contributed by atoms with Crippen molar-refractivity contribution < 1.29 is 45.7 Å². The number of esters is 1. The van der Waals surface area contributed by atoms with Crippen molar-refractivity contribution in [1.82, 2.24) is 19.5 Å². The number of carbonyl (C=O) groups is 2. The molecule has 41 heavy (non-hydrogen) atoms. The Kier molecular flexibility index (Phi) is 8.18. The molecule has 0 atom stereocenters. The number of sulfonamides is 1. The van der Waals surface area contributed by atoms with Gasteiger partial charge in [-0.15, -0.1) is 5.01 Å². The van der Waals surface area contributed by atoms with Crippen LogP contribution in [0.3, 0.4) is 0 Å². The fourth-order valence-corrected chi connectivity index (χ4v) is 4.73. The number of aryl methyl sites for hydroxylation is 1. The van der Waals surface area contributed by atoms with Gasteiger partial charge in [-0.1, -0.05) is 29.8 Å². The first-order chi connectivity index (χ1) is 19.2. The number of ether oxygens (including phenoxy) is 1. The monoisotopic (exact) mass is 596 g/mol. The van der Waals surface area contributed by atoms with E-state index in [0.717, 1.165) is 40.4 Å². The standard InChI is InChI=1S/C24H23F3N6O7S/c1-15-3-5-17(6-4-15)21-11-22(24(25,26)27)28-32(21)19-7-9-20(10-8-19)41(37,38)29-23(35)18-12-31(13-18)33(36)30-40-14-39-16(2)34/h3-11,18H,12-14H2,1-2H3,(H,29,35)/b33-30+. The molecule has 0 bridgehead atoms. The zero-order valence-corrected chi connectivity index (χ0v) is 22.3. The second-order valence-corrected chi connectivity index (χ2v) is 10.6. The minimum absolute atomic E-state index is 0.0326. The van der Waals surface area contributed by atoms with Gasteiger partial charge < -0.3 is 14.8 Å². The molecule has 1 amide bonds. The lowest BCUT2D eigenvalue weighted by molar-refractivity contribution is -0.726. The van der Waals surface area contributed by atoms with E-state index < -0.39 is 46.5 Å². The number of hydrogen-bond acceptors (Lipinski definition) is 9. The molecule has 0 aliphatic carbocycles. The molecule has 0 saturated carbocycles. The number of nitrogens with zero attached hydrogens (tertiary/aromatic N) is 5. The highest BCUT2D eigenvalue weighted by Gasteiger charge is 2.40. The van der Waals surface area contributed by atoms with Gasteiger partial charge in [0.1, 0.15) is 0 Å². The topological polar surface area (TPSA) is 158 Å². The molecule has 0 unspecified atom stereocenters. The Labute approximate surface area is 231 Å². The van der Waals surface area contributed by atoms with E-state index >= 15 is 0 Å². The van der Waals surface area contributed by atoms with E-state index in [1.165, 1.54) is 12.1 Å². The summed E-state index contributed by atoms with van der Waals surface area (Å²) in [4.78, 5) is 27.3. The van der Waals surface area contributed by atoms with Crippen molar-refractivity contribution in [2.75, 3.05) is 19.9 Å². The van der Waals surface area contributed by atoms with Gasteiger partial charge in [0.15, 0.2) is 5.69 Å². The number of nitrogens with one attached hydrogen (secondary N) is 1. The summed E-state index contributed by atoms with van der Waals surface area (Å²) < 4.78 is 73.3. The van der Waals surface area contributed by atoms with Crippen molar-refractivity contribution in [3.8, 4) is 16.9 Å². The summed E-state index contributed by atoms with van der Waals surface area (Å²) in [6.07, 6.45) is -4.70. The SMILES string of the molecule is CC(=O)OCO/N=[N+](/[O-])N1CC(C(=O)NS(=O)(=O)c2ccc(-n3nc(C(F)(F)F)cc3-c3ccc(C)cc3)cc2)C1. The quantitative estimate of drug-likeness (QED) is 0.0979. The van der Waals surface area contributed by atoms with Crippen LogP contribution in [-0.4, -0.2) is 59.9 Å². The van der Waals surface area contributed by atoms with Crippen LogP contribution in [0, 0.1) is 18.0 Å². The van der Waals surface area contributed by atoms with Gasteiger partial charge in [0.25, 0.3) is 16.8 Å². The molecule has 17 heteroatoms. The van der Waals surface area contributed by atoms with Crippen LogP contribution in [0.25, 0.3) is 16.9 Å². The Morgan fingerprint density at radius 3 is 2.37 bits per heavy atom. The van der Waals surface area contributed by atoms with Gasteiger partial charge in [0, 0.05) is 12.5 Å². The Morgan fingerprint density at radius 1 is 1.15 bits per heavy atom. The predicted octanol–water partition coefficient (Wildman–Crippen LogP) is 2.93. The number of halogens is 3. The van der Waals surface area contributed by atoms with Gasteiger partial charge in [-0.2, -0.15) is 18.3 Å². The summed E-state index contributed by atoms with van der Waals surface area (Å²) in [6, 6.07) is 12.5. The van der Waals surface area contributed by atoms with Gasteiger partial charge in [-0.05, 0) is 37.3 Å². The summed E-state index contributed by atoms with van der Waals surface area (Å²) in [6.45, 7) is 2.06. The molecule has 1 N–H and O–H groups in total. The number of aromatic nitrogens is 2. The fraction of sp³-hybridized carbons (Fsp3) is 0.292. The Hall–Kier alpha value is -4.67. The van der Waals surface area contributed by atoms with E-state index in [4.69, 9.17) is 0 Å². The van der Waals surface area contributed by atoms with Gasteiger partial charge in [-0.25, -0.2) is 17.8 Å². The Bertz CT molecular complexity index is 1570. The minimum Gasteiger partial charge on any atom is -0.569 e. The lowest BCUT2D eigenvalue weighted by Gasteiger charge is -2.32. The van der Waals surface area contributed by atoms with Gasteiger partial charge in [-0.3, -0.25) is 9.59 Å². The summed E-state index contributed by atoms with van der Waals surface area (Å²) >= 11 is 0. The summed E-state index contributed by atoms with van der Waals surface area (Å²) in [5.74, 6) is -2.37. The number of hydrogen-bond donors (Lipinski definition) is 1. The van der Waals surface area contributed by atoms with Crippen LogP contribution < -0.4 is 4.72 Å². The van der Waals surface area contributed by atoms with E-state index in [-0.39, 0.29) is 34.3 Å². The van der Waals surface area contributed by atoms with Crippen molar-refractivity contribution in [3.05, 3.63) is 71.1 Å². The number of benzene rings is 2. The van der Waals surface area contributed by atoms with Crippen LogP contribution in [0.2, 0.25) is 0 Å². The minimum atomic E-state index is -4.70.